The van der Waals surface area contributed by atoms with Crippen LogP contribution in [-0.2, 0) is 0 Å². The highest BCUT2D eigenvalue weighted by atomic mass is 79.9. The zero-order chi connectivity index (χ0) is 13.8. The standard InChI is InChI=1S/C13H17BrClN3O/c1-2-18-5-3-4-10(8-18)17-13(19)11-6-9(14)7-16-12(11)15/h6-7,10H,2-5,8H2,1H3,(H,17,19). The van der Waals surface area contributed by atoms with Gasteiger partial charge >= 0.3 is 0 Å². The van der Waals surface area contributed by atoms with E-state index in [0.717, 1.165) is 36.9 Å². The van der Waals surface area contributed by atoms with Crippen molar-refractivity contribution in [1.29, 1.82) is 0 Å². The van der Waals surface area contributed by atoms with E-state index >= 15 is 0 Å². The van der Waals surface area contributed by atoms with Crippen LogP contribution < -0.4 is 5.32 Å². The monoisotopic (exact) mass is 345 g/mol. The van der Waals surface area contributed by atoms with Crippen molar-refractivity contribution < 1.29 is 4.79 Å². The Labute approximate surface area is 126 Å². The molecule has 19 heavy (non-hydrogen) atoms. The SMILES string of the molecule is CCN1CCCC(NC(=O)c2cc(Br)cnc2Cl)C1. The van der Waals surface area contributed by atoms with E-state index in [4.69, 9.17) is 11.6 Å². The Kier molecular flexibility index (Phi) is 5.19. The summed E-state index contributed by atoms with van der Waals surface area (Å²) in [6.45, 7) is 5.17. The van der Waals surface area contributed by atoms with Crippen LogP contribution in [0.2, 0.25) is 5.15 Å². The van der Waals surface area contributed by atoms with Crippen molar-refractivity contribution in [3.63, 3.8) is 0 Å². The zero-order valence-corrected chi connectivity index (χ0v) is 13.2. The van der Waals surface area contributed by atoms with Gasteiger partial charge in [0.25, 0.3) is 5.91 Å². The summed E-state index contributed by atoms with van der Waals surface area (Å²) in [4.78, 5) is 18.5. The molecular weight excluding hydrogens is 330 g/mol. The van der Waals surface area contributed by atoms with Crippen molar-refractivity contribution in [3.8, 4) is 0 Å². The van der Waals surface area contributed by atoms with Crippen molar-refractivity contribution in [3.05, 3.63) is 27.5 Å². The molecule has 0 bridgehead atoms. The average Bonchev–Trinajstić information content (AvgIpc) is 2.41. The molecule has 0 spiro atoms. The number of carbonyl (C=O) groups excluding carboxylic acids is 1. The fourth-order valence-electron chi connectivity index (χ4n) is 2.31. The van der Waals surface area contributed by atoms with Gasteiger partial charge in [0.2, 0.25) is 0 Å². The topological polar surface area (TPSA) is 45.2 Å². The van der Waals surface area contributed by atoms with E-state index in [1.165, 1.54) is 0 Å². The first-order valence-corrected chi connectivity index (χ1v) is 7.61. The van der Waals surface area contributed by atoms with Crippen molar-refractivity contribution >= 4 is 33.4 Å². The van der Waals surface area contributed by atoms with Crippen LogP contribution in [0, 0.1) is 0 Å². The number of nitrogens with zero attached hydrogens (tertiary/aromatic N) is 2. The highest BCUT2D eigenvalue weighted by Crippen LogP contribution is 2.18. The number of pyridine rings is 1. The van der Waals surface area contributed by atoms with Gasteiger partial charge in [0.1, 0.15) is 5.15 Å². The average molecular weight is 347 g/mol. The Hall–Kier alpha value is -0.650. The van der Waals surface area contributed by atoms with Crippen LogP contribution >= 0.6 is 27.5 Å². The molecule has 0 aromatic carbocycles. The van der Waals surface area contributed by atoms with E-state index in [2.05, 4.69) is 38.1 Å². The number of halogens is 2. The number of hydrogen-bond donors (Lipinski definition) is 1. The predicted octanol–water partition coefficient (Wildman–Crippen LogP) is 2.71. The number of carbonyl (C=O) groups is 1. The summed E-state index contributed by atoms with van der Waals surface area (Å²) in [6.07, 6.45) is 3.71. The summed E-state index contributed by atoms with van der Waals surface area (Å²) >= 11 is 9.26. The van der Waals surface area contributed by atoms with Crippen molar-refractivity contribution in [2.45, 2.75) is 25.8 Å². The van der Waals surface area contributed by atoms with Crippen LogP contribution in [0.1, 0.15) is 30.1 Å². The summed E-state index contributed by atoms with van der Waals surface area (Å²) in [5.74, 6) is -0.151. The van der Waals surface area contributed by atoms with Crippen molar-refractivity contribution in [2.75, 3.05) is 19.6 Å². The van der Waals surface area contributed by atoms with Crippen LogP contribution in [-0.4, -0.2) is 41.5 Å². The minimum atomic E-state index is -0.151. The van der Waals surface area contributed by atoms with Crippen LogP contribution in [0.4, 0.5) is 0 Å². The lowest BCUT2D eigenvalue weighted by Gasteiger charge is -2.32. The first-order chi connectivity index (χ1) is 9.10. The number of rotatable bonds is 3. The van der Waals surface area contributed by atoms with Crippen molar-refractivity contribution in [2.24, 2.45) is 0 Å². The molecule has 1 aliphatic heterocycles. The van der Waals surface area contributed by atoms with Gasteiger partial charge in [-0.2, -0.15) is 0 Å². The summed E-state index contributed by atoms with van der Waals surface area (Å²) in [5, 5.41) is 3.28. The van der Waals surface area contributed by atoms with Crippen LogP contribution in [0.5, 0.6) is 0 Å². The third-order valence-electron chi connectivity index (χ3n) is 3.34. The van der Waals surface area contributed by atoms with Gasteiger partial charge in [0.05, 0.1) is 5.56 Å². The molecule has 1 atom stereocenters. The van der Waals surface area contributed by atoms with E-state index in [1.807, 2.05) is 0 Å². The molecule has 1 unspecified atom stereocenters. The Balaban J connectivity index is 2.02. The lowest BCUT2D eigenvalue weighted by molar-refractivity contribution is 0.0905. The second-order valence-electron chi connectivity index (χ2n) is 4.70. The Bertz CT molecular complexity index is 469. The van der Waals surface area contributed by atoms with Gasteiger partial charge < -0.3 is 10.2 Å². The third kappa shape index (κ3) is 3.91. The molecule has 0 aliphatic carbocycles. The number of aromatic nitrogens is 1. The second kappa shape index (κ2) is 6.68. The van der Waals surface area contributed by atoms with Crippen LogP contribution in [0.25, 0.3) is 0 Å². The molecule has 0 radical (unpaired) electrons. The van der Waals surface area contributed by atoms with E-state index in [1.54, 1.807) is 12.3 Å². The first-order valence-electron chi connectivity index (χ1n) is 6.44. The first kappa shape index (κ1) is 14.8. The number of hydrogen-bond acceptors (Lipinski definition) is 3. The molecule has 1 aromatic heterocycles. The van der Waals surface area contributed by atoms with Gasteiger partial charge in [-0.15, -0.1) is 0 Å². The number of nitrogens with one attached hydrogen (secondary N) is 1. The minimum absolute atomic E-state index is 0.151. The van der Waals surface area contributed by atoms with Gasteiger partial charge in [-0.3, -0.25) is 4.79 Å². The molecule has 104 valence electrons. The largest absolute Gasteiger partial charge is 0.348 e. The Morgan fingerprint density at radius 2 is 2.47 bits per heavy atom. The van der Waals surface area contributed by atoms with Gasteiger partial charge in [-0.1, -0.05) is 18.5 Å². The predicted molar refractivity (Wildman–Crippen MR) is 79.5 cm³/mol. The highest BCUT2D eigenvalue weighted by Gasteiger charge is 2.22. The smallest absolute Gasteiger partial charge is 0.254 e. The van der Waals surface area contributed by atoms with E-state index < -0.39 is 0 Å². The quantitative estimate of drug-likeness (QED) is 0.856. The summed E-state index contributed by atoms with van der Waals surface area (Å²) < 4.78 is 0.751. The fraction of sp³-hybridized carbons (Fsp3) is 0.538. The molecule has 0 saturated carbocycles. The molecule has 4 nitrogen and oxygen atoms in total. The van der Waals surface area contributed by atoms with Crippen LogP contribution in [0.3, 0.4) is 0 Å². The maximum absolute atomic E-state index is 12.2. The fourth-order valence-corrected chi connectivity index (χ4v) is 2.83. The molecule has 1 aliphatic rings. The molecule has 2 heterocycles. The molecule has 1 saturated heterocycles. The van der Waals surface area contributed by atoms with E-state index in [-0.39, 0.29) is 17.1 Å². The second-order valence-corrected chi connectivity index (χ2v) is 5.97. The van der Waals surface area contributed by atoms with E-state index in [9.17, 15) is 4.79 Å². The summed E-state index contributed by atoms with van der Waals surface area (Å²) in [6, 6.07) is 1.89. The van der Waals surface area contributed by atoms with Gasteiger partial charge in [-0.25, -0.2) is 4.98 Å². The summed E-state index contributed by atoms with van der Waals surface area (Å²) in [7, 11) is 0. The normalized spacial score (nSPS) is 20.3. The number of piperidine rings is 1. The number of likely N-dealkylation sites (N-methyl/N-ethyl adjacent to an activating group) is 1. The number of amides is 1. The maximum Gasteiger partial charge on any atom is 0.254 e. The highest BCUT2D eigenvalue weighted by molar-refractivity contribution is 9.10. The van der Waals surface area contributed by atoms with Gasteiger partial charge in [0, 0.05) is 23.3 Å². The van der Waals surface area contributed by atoms with Gasteiger partial charge in [0.15, 0.2) is 0 Å². The lowest BCUT2D eigenvalue weighted by Crippen LogP contribution is -2.47. The van der Waals surface area contributed by atoms with Crippen molar-refractivity contribution in [1.82, 2.24) is 15.2 Å². The lowest BCUT2D eigenvalue weighted by atomic mass is 10.1. The number of likely N-dealkylation sites (tertiary alicyclic amines) is 1. The molecule has 2 rings (SSSR count). The third-order valence-corrected chi connectivity index (χ3v) is 4.07. The minimum Gasteiger partial charge on any atom is -0.348 e. The molecule has 1 amide bonds. The Morgan fingerprint density at radius 1 is 1.68 bits per heavy atom. The molecule has 6 heteroatoms. The molecule has 1 aromatic rings. The molecule has 1 N–H and O–H groups in total. The molecular formula is C13H17BrClN3O. The van der Waals surface area contributed by atoms with E-state index in [0.29, 0.717) is 5.56 Å². The Morgan fingerprint density at radius 3 is 3.21 bits per heavy atom. The maximum atomic E-state index is 12.2. The van der Waals surface area contributed by atoms with Crippen LogP contribution in [0.15, 0.2) is 16.7 Å². The summed E-state index contributed by atoms with van der Waals surface area (Å²) in [5.41, 5.74) is 0.421. The van der Waals surface area contributed by atoms with Gasteiger partial charge in [-0.05, 0) is 47.9 Å². The zero-order valence-electron chi connectivity index (χ0n) is 10.8. The molecule has 1 fully saturated rings.